The van der Waals surface area contributed by atoms with E-state index >= 15 is 0 Å². The molecule has 3 nitrogen and oxygen atoms in total. The summed E-state index contributed by atoms with van der Waals surface area (Å²) < 4.78 is 7.11. The molecule has 2 aromatic rings. The van der Waals surface area contributed by atoms with Gasteiger partial charge in [0.15, 0.2) is 0 Å². The van der Waals surface area contributed by atoms with Crippen LogP contribution in [0.1, 0.15) is 22.2 Å². The molecule has 0 amide bonds. The fourth-order valence-corrected chi connectivity index (χ4v) is 3.39. The van der Waals surface area contributed by atoms with Gasteiger partial charge in [0.25, 0.3) is 0 Å². The van der Waals surface area contributed by atoms with E-state index in [1.807, 2.05) is 6.92 Å². The lowest BCUT2D eigenvalue weighted by Gasteiger charge is -2.03. The van der Waals surface area contributed by atoms with E-state index in [0.717, 1.165) is 8.26 Å². The molecule has 0 radical (unpaired) electrons. The summed E-state index contributed by atoms with van der Waals surface area (Å²) in [5.41, 5.74) is 0.530. The van der Waals surface area contributed by atoms with E-state index in [4.69, 9.17) is 4.74 Å². The summed E-state index contributed by atoms with van der Waals surface area (Å²) in [5.74, 6) is 0.554. The summed E-state index contributed by atoms with van der Waals surface area (Å²) in [6.45, 7) is 2.44. The molecule has 0 unspecified atom stereocenters. The van der Waals surface area contributed by atoms with Gasteiger partial charge in [0.05, 0.1) is 21.5 Å². The number of ether oxygens (including phenoxy) is 1. The van der Waals surface area contributed by atoms with Crippen LogP contribution in [-0.4, -0.2) is 17.4 Å². The van der Waals surface area contributed by atoms with Gasteiger partial charge in [-0.1, -0.05) is 0 Å². The summed E-state index contributed by atoms with van der Waals surface area (Å²) in [4.78, 5) is 16.9. The number of hydrogen-bond donors (Lipinski definition) is 0. The second kappa shape index (κ2) is 5.95. The van der Waals surface area contributed by atoms with Gasteiger partial charge in [0, 0.05) is 16.2 Å². The molecule has 0 fully saturated rings. The number of rotatable bonds is 4. The maximum atomic E-state index is 12.2. The normalized spacial score (nSPS) is 10.4. The number of nitrogens with zero attached hydrogens (tertiary/aromatic N) is 1. The van der Waals surface area contributed by atoms with Crippen molar-refractivity contribution in [1.29, 1.82) is 0 Å². The monoisotopic (exact) mass is 389 g/mol. The van der Waals surface area contributed by atoms with Crippen LogP contribution in [0.4, 0.5) is 0 Å². The lowest BCUT2D eigenvalue weighted by molar-refractivity contribution is 0.104. The number of ketones is 1. The van der Waals surface area contributed by atoms with E-state index in [9.17, 15) is 4.79 Å². The molecule has 0 spiro atoms. The molecular weight excluding hydrogens is 382 g/mol. The Labute approximate surface area is 125 Å². The fraction of sp³-hybridized carbons (Fsp3) is 0.167. The third-order valence-corrected chi connectivity index (χ3v) is 5.41. The molecular formula is C12H9Br2NO2S. The Morgan fingerprint density at radius 1 is 1.39 bits per heavy atom. The van der Waals surface area contributed by atoms with Crippen molar-refractivity contribution in [3.8, 4) is 5.75 Å². The summed E-state index contributed by atoms with van der Waals surface area (Å²) in [6, 6.07) is 3.50. The van der Waals surface area contributed by atoms with Crippen molar-refractivity contribution in [2.75, 3.05) is 6.61 Å². The Hall–Kier alpha value is -0.720. The Bertz CT molecular complexity index is 564. The molecule has 0 aliphatic heterocycles. The third kappa shape index (κ3) is 2.99. The largest absolute Gasteiger partial charge is 0.492 e. The van der Waals surface area contributed by atoms with Crippen molar-refractivity contribution >= 4 is 49.0 Å². The van der Waals surface area contributed by atoms with Gasteiger partial charge in [-0.25, -0.2) is 0 Å². The molecule has 0 N–H and O–H groups in total. The first-order chi connectivity index (χ1) is 8.61. The molecule has 6 heteroatoms. The van der Waals surface area contributed by atoms with Gasteiger partial charge in [-0.2, -0.15) is 0 Å². The van der Waals surface area contributed by atoms with E-state index < -0.39 is 0 Å². The van der Waals surface area contributed by atoms with Gasteiger partial charge in [-0.15, -0.1) is 11.3 Å². The summed E-state index contributed by atoms with van der Waals surface area (Å²) in [5, 5.41) is 0. The molecule has 0 saturated carbocycles. The highest BCUT2D eigenvalue weighted by atomic mass is 79.9. The predicted octanol–water partition coefficient (Wildman–Crippen LogP) is 4.30. The Kier molecular flexibility index (Phi) is 4.53. The molecule has 0 aromatic carbocycles. The zero-order chi connectivity index (χ0) is 13.1. The lowest BCUT2D eigenvalue weighted by Crippen LogP contribution is -2.01. The highest BCUT2D eigenvalue weighted by Crippen LogP contribution is 2.33. The molecule has 0 atom stereocenters. The van der Waals surface area contributed by atoms with Gasteiger partial charge in [-0.05, 0) is 50.9 Å². The topological polar surface area (TPSA) is 39.2 Å². The first-order valence-corrected chi connectivity index (χ1v) is 7.59. The quantitative estimate of drug-likeness (QED) is 0.730. The third-order valence-electron chi connectivity index (χ3n) is 2.16. The second-order valence-corrected chi connectivity index (χ2v) is 6.63. The molecule has 2 rings (SSSR count). The minimum absolute atomic E-state index is 0.0551. The van der Waals surface area contributed by atoms with Gasteiger partial charge in [-0.3, -0.25) is 9.78 Å². The summed E-state index contributed by atoms with van der Waals surface area (Å²) in [6.07, 6.45) is 3.15. The maximum absolute atomic E-state index is 12.2. The van der Waals surface area contributed by atoms with Gasteiger partial charge in [0.1, 0.15) is 5.75 Å². The summed E-state index contributed by atoms with van der Waals surface area (Å²) in [7, 11) is 0. The van der Waals surface area contributed by atoms with Crippen LogP contribution in [-0.2, 0) is 0 Å². The molecule has 2 aromatic heterocycles. The lowest BCUT2D eigenvalue weighted by atomic mass is 10.1. The number of pyridine rings is 1. The zero-order valence-electron chi connectivity index (χ0n) is 9.44. The minimum Gasteiger partial charge on any atom is -0.492 e. The molecule has 0 bridgehead atoms. The standard InChI is InChI=1S/C12H9Br2NO2S/c1-2-17-8-3-7(5-15-6-8)11(16)10-4-9(13)12(14)18-10/h3-6H,2H2,1H3. The highest BCUT2D eigenvalue weighted by molar-refractivity contribution is 9.13. The molecule has 0 saturated heterocycles. The van der Waals surface area contributed by atoms with Crippen LogP contribution in [0.3, 0.4) is 0 Å². The number of halogens is 2. The maximum Gasteiger partial charge on any atom is 0.204 e. The minimum atomic E-state index is -0.0551. The van der Waals surface area contributed by atoms with Crippen molar-refractivity contribution in [2.45, 2.75) is 6.92 Å². The van der Waals surface area contributed by atoms with E-state index in [0.29, 0.717) is 22.8 Å². The Morgan fingerprint density at radius 3 is 2.78 bits per heavy atom. The van der Waals surface area contributed by atoms with Gasteiger partial charge < -0.3 is 4.74 Å². The number of thiophene rings is 1. The highest BCUT2D eigenvalue weighted by Gasteiger charge is 2.15. The number of aromatic nitrogens is 1. The van der Waals surface area contributed by atoms with Crippen LogP contribution in [0.5, 0.6) is 5.75 Å². The van der Waals surface area contributed by atoms with Crippen molar-refractivity contribution in [3.63, 3.8) is 0 Å². The average molecular weight is 391 g/mol. The molecule has 2 heterocycles. The van der Waals surface area contributed by atoms with E-state index in [2.05, 4.69) is 36.8 Å². The molecule has 18 heavy (non-hydrogen) atoms. The van der Waals surface area contributed by atoms with Crippen molar-refractivity contribution in [2.24, 2.45) is 0 Å². The van der Waals surface area contributed by atoms with Crippen molar-refractivity contribution < 1.29 is 9.53 Å². The number of carbonyl (C=O) groups is 1. The number of carbonyl (C=O) groups excluding carboxylic acids is 1. The van der Waals surface area contributed by atoms with Gasteiger partial charge >= 0.3 is 0 Å². The Morgan fingerprint density at radius 2 is 2.17 bits per heavy atom. The van der Waals surface area contributed by atoms with Crippen LogP contribution in [0.25, 0.3) is 0 Å². The Balaban J connectivity index is 2.30. The van der Waals surface area contributed by atoms with Crippen LogP contribution in [0, 0.1) is 0 Å². The molecule has 0 aliphatic carbocycles. The van der Waals surface area contributed by atoms with E-state index in [-0.39, 0.29) is 5.78 Å². The first-order valence-electron chi connectivity index (χ1n) is 5.19. The predicted molar refractivity (Wildman–Crippen MR) is 78.6 cm³/mol. The molecule has 0 aliphatic rings. The average Bonchev–Trinajstić information content (AvgIpc) is 2.69. The zero-order valence-corrected chi connectivity index (χ0v) is 13.4. The van der Waals surface area contributed by atoms with Crippen LogP contribution in [0.2, 0.25) is 0 Å². The number of hydrogen-bond acceptors (Lipinski definition) is 4. The fourth-order valence-electron chi connectivity index (χ4n) is 1.39. The second-order valence-electron chi connectivity index (χ2n) is 3.40. The SMILES string of the molecule is CCOc1cncc(C(=O)c2cc(Br)c(Br)s2)c1. The van der Waals surface area contributed by atoms with Crippen LogP contribution < -0.4 is 4.74 Å². The molecule has 94 valence electrons. The van der Waals surface area contributed by atoms with Crippen LogP contribution in [0.15, 0.2) is 32.8 Å². The van der Waals surface area contributed by atoms with E-state index in [1.54, 1.807) is 24.5 Å². The van der Waals surface area contributed by atoms with Gasteiger partial charge in [0.2, 0.25) is 5.78 Å². The summed E-state index contributed by atoms with van der Waals surface area (Å²) >= 11 is 8.13. The van der Waals surface area contributed by atoms with Crippen LogP contribution >= 0.6 is 43.2 Å². The van der Waals surface area contributed by atoms with Crippen molar-refractivity contribution in [3.05, 3.63) is 43.2 Å². The first kappa shape index (κ1) is 13.7. The van der Waals surface area contributed by atoms with Crippen molar-refractivity contribution in [1.82, 2.24) is 4.98 Å². The van der Waals surface area contributed by atoms with E-state index in [1.165, 1.54) is 11.3 Å². The smallest absolute Gasteiger partial charge is 0.204 e.